The van der Waals surface area contributed by atoms with Gasteiger partial charge < -0.3 is 9.84 Å². The molecule has 0 spiro atoms. The Balaban J connectivity index is 2.59. The van der Waals surface area contributed by atoms with Gasteiger partial charge in [-0.05, 0) is 52.4 Å². The molecule has 1 amide bonds. The summed E-state index contributed by atoms with van der Waals surface area (Å²) in [6.45, 7) is 7.40. The molecule has 0 atom stereocenters. The maximum Gasteiger partial charge on any atom is 0.431 e. The van der Waals surface area contributed by atoms with Gasteiger partial charge in [0.25, 0.3) is 0 Å². The lowest BCUT2D eigenvalue weighted by Gasteiger charge is -2.38. The second-order valence-electron chi connectivity index (χ2n) is 6.81. The zero-order valence-electron chi connectivity index (χ0n) is 13.4. The van der Waals surface area contributed by atoms with Gasteiger partial charge in [0.1, 0.15) is 11.2 Å². The Morgan fingerprint density at radius 2 is 1.86 bits per heavy atom. The molecule has 0 aliphatic heterocycles. The quantitative estimate of drug-likeness (QED) is 0.761. The predicted octanol–water partition coefficient (Wildman–Crippen LogP) is 3.26. The van der Waals surface area contributed by atoms with Crippen molar-refractivity contribution in [1.29, 1.82) is 0 Å². The minimum Gasteiger partial charge on any atom is -0.481 e. The van der Waals surface area contributed by atoms with Crippen LogP contribution in [0.15, 0.2) is 0 Å². The van der Waals surface area contributed by atoms with Crippen LogP contribution in [0, 0.1) is 5.92 Å². The molecule has 0 radical (unpaired) electrons. The molecule has 1 aliphatic carbocycles. The monoisotopic (exact) mass is 301 g/mol. The molecular weight excluding hydrogens is 274 g/mol. The van der Waals surface area contributed by atoms with E-state index in [1.165, 1.54) is 0 Å². The number of rotatable bonds is 5. The number of nitrogens with one attached hydrogen (secondary N) is 1. The molecule has 21 heavy (non-hydrogen) atoms. The number of carboxylic acids is 1. The zero-order chi connectivity index (χ0) is 16.1. The number of carbonyl (C=O) groups excluding carboxylic acids is 1. The second-order valence-corrected chi connectivity index (χ2v) is 6.81. The summed E-state index contributed by atoms with van der Waals surface area (Å²) in [4.78, 5) is 28.2. The van der Waals surface area contributed by atoms with Crippen LogP contribution in [0.1, 0.15) is 66.2 Å². The fourth-order valence-corrected chi connectivity index (χ4v) is 2.65. The molecule has 1 fully saturated rings. The second kappa shape index (κ2) is 7.11. The average molecular weight is 301 g/mol. The highest BCUT2D eigenvalue weighted by Crippen LogP contribution is 2.38. The van der Waals surface area contributed by atoms with E-state index in [0.717, 1.165) is 19.3 Å². The summed E-state index contributed by atoms with van der Waals surface area (Å²) in [5, 5.41) is 9.08. The van der Waals surface area contributed by atoms with Crippen molar-refractivity contribution >= 4 is 12.1 Å². The fraction of sp³-hybridized carbons (Fsp3) is 0.867. The third-order valence-corrected chi connectivity index (χ3v) is 3.82. The largest absolute Gasteiger partial charge is 0.481 e. The first kappa shape index (κ1) is 17.8. The van der Waals surface area contributed by atoms with Gasteiger partial charge >= 0.3 is 12.1 Å². The van der Waals surface area contributed by atoms with Crippen molar-refractivity contribution in [2.24, 2.45) is 5.92 Å². The van der Waals surface area contributed by atoms with Crippen LogP contribution in [0.2, 0.25) is 0 Å². The number of hydrogen-bond donors (Lipinski definition) is 2. The van der Waals surface area contributed by atoms with E-state index in [2.05, 4.69) is 12.4 Å². The van der Waals surface area contributed by atoms with Crippen molar-refractivity contribution in [2.75, 3.05) is 0 Å². The van der Waals surface area contributed by atoms with Gasteiger partial charge in [0.05, 0.1) is 6.42 Å². The highest BCUT2D eigenvalue weighted by atomic mass is 16.7. The molecule has 0 heterocycles. The first-order chi connectivity index (χ1) is 9.66. The summed E-state index contributed by atoms with van der Waals surface area (Å²) in [7, 11) is 0. The van der Waals surface area contributed by atoms with Gasteiger partial charge in [0.15, 0.2) is 0 Å². The van der Waals surface area contributed by atoms with Crippen molar-refractivity contribution in [3.05, 3.63) is 0 Å². The normalized spacial score (nSPS) is 26.2. The van der Waals surface area contributed by atoms with E-state index < -0.39 is 23.3 Å². The molecule has 0 unspecified atom stereocenters. The van der Waals surface area contributed by atoms with E-state index in [-0.39, 0.29) is 6.42 Å². The van der Waals surface area contributed by atoms with Crippen LogP contribution in [0.25, 0.3) is 0 Å². The van der Waals surface area contributed by atoms with E-state index in [9.17, 15) is 9.59 Å². The van der Waals surface area contributed by atoms with E-state index >= 15 is 0 Å². The summed E-state index contributed by atoms with van der Waals surface area (Å²) in [5.41, 5.74) is 0.821. The number of hydrogen-bond acceptors (Lipinski definition) is 4. The summed E-state index contributed by atoms with van der Waals surface area (Å²) >= 11 is 0. The van der Waals surface area contributed by atoms with E-state index in [1.807, 2.05) is 0 Å². The number of carboxylic acid groups (broad SMARTS) is 1. The van der Waals surface area contributed by atoms with Gasteiger partial charge in [-0.15, -0.1) is 0 Å². The Kier molecular flexibility index (Phi) is 6.01. The fourth-order valence-electron chi connectivity index (χ4n) is 2.65. The average Bonchev–Trinajstić information content (AvgIpc) is 2.35. The SMILES string of the molecule is CCC1CCC(CC(=O)O)(ONC(=O)OC(C)(C)C)CC1. The lowest BCUT2D eigenvalue weighted by Crippen LogP contribution is -2.46. The van der Waals surface area contributed by atoms with E-state index in [0.29, 0.717) is 18.8 Å². The number of ether oxygens (including phenoxy) is 1. The summed E-state index contributed by atoms with van der Waals surface area (Å²) in [6.07, 6.45) is 3.38. The molecule has 0 aromatic carbocycles. The van der Waals surface area contributed by atoms with Gasteiger partial charge in [-0.25, -0.2) is 4.79 Å². The van der Waals surface area contributed by atoms with Gasteiger partial charge in [-0.2, -0.15) is 5.48 Å². The smallest absolute Gasteiger partial charge is 0.431 e. The Hall–Kier alpha value is -1.30. The van der Waals surface area contributed by atoms with Crippen LogP contribution in [-0.4, -0.2) is 28.4 Å². The van der Waals surface area contributed by atoms with Crippen LogP contribution in [0.3, 0.4) is 0 Å². The minimum absolute atomic E-state index is 0.112. The first-order valence-electron chi connectivity index (χ1n) is 7.54. The first-order valence-corrected chi connectivity index (χ1v) is 7.54. The third kappa shape index (κ3) is 6.33. The molecular formula is C15H27NO5. The molecule has 0 saturated heterocycles. The van der Waals surface area contributed by atoms with Gasteiger partial charge in [-0.1, -0.05) is 13.3 Å². The summed E-state index contributed by atoms with van der Waals surface area (Å²) in [5.74, 6) is -0.312. The molecule has 0 aromatic heterocycles. The molecule has 6 nitrogen and oxygen atoms in total. The van der Waals surface area contributed by atoms with Crippen molar-refractivity contribution in [2.45, 2.75) is 77.4 Å². The zero-order valence-corrected chi connectivity index (χ0v) is 13.4. The molecule has 6 heteroatoms. The molecule has 0 aromatic rings. The summed E-state index contributed by atoms with van der Waals surface area (Å²) < 4.78 is 5.10. The van der Waals surface area contributed by atoms with Crippen molar-refractivity contribution < 1.29 is 24.3 Å². The molecule has 1 saturated carbocycles. The number of aliphatic carboxylic acids is 1. The van der Waals surface area contributed by atoms with Gasteiger partial charge in [0, 0.05) is 0 Å². The Morgan fingerprint density at radius 3 is 2.29 bits per heavy atom. The molecule has 2 N–H and O–H groups in total. The Labute approximate surface area is 126 Å². The topological polar surface area (TPSA) is 84.9 Å². The molecule has 1 aliphatic rings. The lowest BCUT2D eigenvalue weighted by molar-refractivity contribution is -0.160. The van der Waals surface area contributed by atoms with Crippen LogP contribution >= 0.6 is 0 Å². The number of amides is 1. The summed E-state index contributed by atoms with van der Waals surface area (Å²) in [6, 6.07) is 0. The number of hydroxylamine groups is 1. The van der Waals surface area contributed by atoms with Gasteiger partial charge in [-0.3, -0.25) is 9.63 Å². The van der Waals surface area contributed by atoms with Crippen molar-refractivity contribution in [3.63, 3.8) is 0 Å². The van der Waals surface area contributed by atoms with Crippen LogP contribution < -0.4 is 5.48 Å². The highest BCUT2D eigenvalue weighted by Gasteiger charge is 2.39. The maximum atomic E-state index is 11.6. The standard InChI is InChI=1S/C15H27NO5/c1-5-11-6-8-15(9-7-11,10-12(17)18)21-16-13(19)20-14(2,3)4/h11H,5-10H2,1-4H3,(H,16,19)(H,17,18). The predicted molar refractivity (Wildman–Crippen MR) is 77.7 cm³/mol. The Morgan fingerprint density at radius 1 is 1.29 bits per heavy atom. The van der Waals surface area contributed by atoms with Crippen molar-refractivity contribution in [1.82, 2.24) is 5.48 Å². The minimum atomic E-state index is -0.920. The highest BCUT2D eigenvalue weighted by molar-refractivity contribution is 5.68. The molecule has 1 rings (SSSR count). The lowest BCUT2D eigenvalue weighted by atomic mass is 9.76. The van der Waals surface area contributed by atoms with Crippen LogP contribution in [0.5, 0.6) is 0 Å². The van der Waals surface area contributed by atoms with Crippen molar-refractivity contribution in [3.8, 4) is 0 Å². The maximum absolute atomic E-state index is 11.6. The van der Waals surface area contributed by atoms with Crippen LogP contribution in [0.4, 0.5) is 4.79 Å². The molecule has 122 valence electrons. The van der Waals surface area contributed by atoms with Gasteiger partial charge in [0.2, 0.25) is 0 Å². The van der Waals surface area contributed by atoms with Crippen LogP contribution in [-0.2, 0) is 14.4 Å². The molecule has 0 bridgehead atoms. The Bertz CT molecular complexity index is 367. The third-order valence-electron chi connectivity index (χ3n) is 3.82. The van der Waals surface area contributed by atoms with E-state index in [4.69, 9.17) is 14.7 Å². The van der Waals surface area contributed by atoms with E-state index in [1.54, 1.807) is 20.8 Å². The number of carbonyl (C=O) groups is 2.